The Kier molecular flexibility index (Phi) is 6.52. The fraction of sp³-hybridized carbons (Fsp3) is 0.375. The highest BCUT2D eigenvalue weighted by atomic mass is 32.1. The number of nitrogens with zero attached hydrogens (tertiary/aromatic N) is 1. The molecular formula is C16H22N2O2S. The molecular weight excluding hydrogens is 284 g/mol. The van der Waals surface area contributed by atoms with E-state index in [0.717, 1.165) is 10.4 Å². The molecule has 0 saturated carbocycles. The second-order valence-corrected chi connectivity index (χ2v) is 5.89. The zero-order valence-electron chi connectivity index (χ0n) is 11.5. The molecule has 0 aliphatic carbocycles. The van der Waals surface area contributed by atoms with Gasteiger partial charge < -0.3 is 10.4 Å². The van der Waals surface area contributed by atoms with Crippen LogP contribution in [0.3, 0.4) is 0 Å². The predicted molar refractivity (Wildman–Crippen MR) is 87.5 cm³/mol. The molecule has 1 atom stereocenters. The van der Waals surface area contributed by atoms with Crippen molar-refractivity contribution in [1.29, 1.82) is 0 Å². The van der Waals surface area contributed by atoms with E-state index in [1.165, 1.54) is 0 Å². The molecule has 21 heavy (non-hydrogen) atoms. The van der Waals surface area contributed by atoms with Gasteiger partial charge in [0.1, 0.15) is 0 Å². The smallest absolute Gasteiger partial charge is 0.253 e. The summed E-state index contributed by atoms with van der Waals surface area (Å²) in [5, 5.41) is 14.1. The summed E-state index contributed by atoms with van der Waals surface area (Å²) in [6.07, 6.45) is 3.29. The lowest BCUT2D eigenvalue weighted by atomic mass is 10.0. The van der Waals surface area contributed by atoms with Crippen LogP contribution in [-0.4, -0.2) is 28.6 Å². The first kappa shape index (κ1) is 17.3. The number of carbonyl (C=O) groups is 1. The van der Waals surface area contributed by atoms with E-state index in [1.54, 1.807) is 23.7 Å². The molecule has 2 rings (SSSR count). The topological polar surface area (TPSA) is 62.2 Å². The minimum Gasteiger partial charge on any atom is -0.394 e. The van der Waals surface area contributed by atoms with Gasteiger partial charge in [-0.3, -0.25) is 9.78 Å². The fourth-order valence-corrected chi connectivity index (χ4v) is 2.53. The average molecular weight is 306 g/mol. The molecule has 1 amide bonds. The number of nitrogens with one attached hydrogen (secondary N) is 1. The second kappa shape index (κ2) is 7.90. The third kappa shape index (κ3) is 4.37. The number of carbonyl (C=O) groups excluding carboxylic acids is 1. The molecule has 0 bridgehead atoms. The van der Waals surface area contributed by atoms with Crippen molar-refractivity contribution in [1.82, 2.24) is 10.3 Å². The summed E-state index contributed by atoms with van der Waals surface area (Å²) in [6, 6.07) is 5.54. The number of aromatic nitrogens is 1. The van der Waals surface area contributed by atoms with Crippen LogP contribution in [0.4, 0.5) is 0 Å². The molecule has 0 aliphatic rings. The number of aliphatic hydroxyl groups is 1. The average Bonchev–Trinajstić information content (AvgIpc) is 2.98. The van der Waals surface area contributed by atoms with E-state index in [0.29, 0.717) is 5.56 Å². The monoisotopic (exact) mass is 306 g/mol. The Bertz CT molecular complexity index is 567. The summed E-state index contributed by atoms with van der Waals surface area (Å²) < 4.78 is 0. The Balaban J connectivity index is 0.00000220. The van der Waals surface area contributed by atoms with E-state index in [1.807, 2.05) is 37.4 Å². The molecule has 0 saturated heterocycles. The maximum Gasteiger partial charge on any atom is 0.253 e. The van der Waals surface area contributed by atoms with E-state index in [9.17, 15) is 9.90 Å². The molecule has 2 heterocycles. The molecule has 2 N–H and O–H groups in total. The quantitative estimate of drug-likeness (QED) is 0.891. The summed E-state index contributed by atoms with van der Waals surface area (Å²) in [5.74, 6) is -0.0268. The highest BCUT2D eigenvalue weighted by Gasteiger charge is 2.16. The molecule has 4 nitrogen and oxygen atoms in total. The Labute approximate surface area is 129 Å². The maximum absolute atomic E-state index is 12.2. The first-order valence-corrected chi connectivity index (χ1v) is 7.40. The Morgan fingerprint density at radius 2 is 2.19 bits per heavy atom. The first-order chi connectivity index (χ1) is 9.61. The normalized spacial score (nSPS) is 11.8. The van der Waals surface area contributed by atoms with Gasteiger partial charge in [-0.05, 0) is 23.4 Å². The van der Waals surface area contributed by atoms with E-state index in [2.05, 4.69) is 10.3 Å². The second-order valence-electron chi connectivity index (χ2n) is 4.95. The van der Waals surface area contributed by atoms with Crippen LogP contribution in [0.15, 0.2) is 36.0 Å². The summed E-state index contributed by atoms with van der Waals surface area (Å²) in [6.45, 7) is 3.85. The minimum absolute atomic E-state index is 0. The number of hydrogen-bond donors (Lipinski definition) is 2. The van der Waals surface area contributed by atoms with Crippen molar-refractivity contribution in [3.8, 4) is 10.4 Å². The van der Waals surface area contributed by atoms with Gasteiger partial charge in [0.05, 0.1) is 18.2 Å². The summed E-state index contributed by atoms with van der Waals surface area (Å²) in [5.41, 5.74) is 1.44. The van der Waals surface area contributed by atoms with Crippen LogP contribution in [0.1, 0.15) is 31.6 Å². The van der Waals surface area contributed by atoms with Crippen molar-refractivity contribution >= 4 is 17.2 Å². The first-order valence-electron chi connectivity index (χ1n) is 6.52. The largest absolute Gasteiger partial charge is 0.394 e. The zero-order chi connectivity index (χ0) is 14.5. The van der Waals surface area contributed by atoms with Gasteiger partial charge in [-0.15, -0.1) is 11.3 Å². The van der Waals surface area contributed by atoms with E-state index >= 15 is 0 Å². The molecule has 2 aromatic rings. The van der Waals surface area contributed by atoms with Crippen molar-refractivity contribution in [3.63, 3.8) is 0 Å². The van der Waals surface area contributed by atoms with Crippen molar-refractivity contribution in [2.24, 2.45) is 5.92 Å². The lowest BCUT2D eigenvalue weighted by Gasteiger charge is -2.19. The molecule has 5 heteroatoms. The highest BCUT2D eigenvalue weighted by molar-refractivity contribution is 7.13. The van der Waals surface area contributed by atoms with Gasteiger partial charge in [-0.1, -0.05) is 27.3 Å². The summed E-state index contributed by atoms with van der Waals surface area (Å²) in [7, 11) is 0. The Hall–Kier alpha value is -1.72. The van der Waals surface area contributed by atoms with Crippen molar-refractivity contribution in [3.05, 3.63) is 41.5 Å². The van der Waals surface area contributed by atoms with Gasteiger partial charge in [0.15, 0.2) is 0 Å². The lowest BCUT2D eigenvalue weighted by molar-refractivity contribution is 0.0896. The standard InChI is InChI=1S/C15H18N2O2S.CH4/c1-10(2)13(9-18)17-15(19)12-6-11(7-16-8-12)14-4-3-5-20-14;/h3-8,10,13,18H,9H2,1-2H3,(H,17,19);1H4. The van der Waals surface area contributed by atoms with Gasteiger partial charge in [0, 0.05) is 22.8 Å². The molecule has 2 aromatic heterocycles. The van der Waals surface area contributed by atoms with Crippen molar-refractivity contribution < 1.29 is 9.90 Å². The minimum atomic E-state index is -0.243. The SMILES string of the molecule is C.CC(C)C(CO)NC(=O)c1cncc(-c2cccs2)c1. The zero-order valence-corrected chi connectivity index (χ0v) is 12.4. The van der Waals surface area contributed by atoms with Gasteiger partial charge in [-0.2, -0.15) is 0 Å². The molecule has 0 fully saturated rings. The molecule has 0 aromatic carbocycles. The lowest BCUT2D eigenvalue weighted by Crippen LogP contribution is -2.41. The van der Waals surface area contributed by atoms with Gasteiger partial charge in [-0.25, -0.2) is 0 Å². The number of aliphatic hydroxyl groups excluding tert-OH is 1. The van der Waals surface area contributed by atoms with Crippen molar-refractivity contribution in [2.45, 2.75) is 27.3 Å². The van der Waals surface area contributed by atoms with E-state index in [-0.39, 0.29) is 31.9 Å². The summed E-state index contributed by atoms with van der Waals surface area (Å²) in [4.78, 5) is 17.4. The van der Waals surface area contributed by atoms with Crippen LogP contribution in [0.2, 0.25) is 0 Å². The molecule has 1 unspecified atom stereocenters. The van der Waals surface area contributed by atoms with Crippen molar-refractivity contribution in [2.75, 3.05) is 6.61 Å². The Morgan fingerprint density at radius 1 is 1.43 bits per heavy atom. The third-order valence-corrected chi connectivity index (χ3v) is 4.04. The highest BCUT2D eigenvalue weighted by Crippen LogP contribution is 2.24. The predicted octanol–water partition coefficient (Wildman–Crippen LogP) is 3.19. The van der Waals surface area contributed by atoms with E-state index < -0.39 is 0 Å². The number of rotatable bonds is 5. The van der Waals surface area contributed by atoms with Gasteiger partial charge in [0.2, 0.25) is 0 Å². The third-order valence-electron chi connectivity index (χ3n) is 3.12. The van der Waals surface area contributed by atoms with Crippen LogP contribution in [-0.2, 0) is 0 Å². The van der Waals surface area contributed by atoms with Gasteiger partial charge in [0.25, 0.3) is 5.91 Å². The van der Waals surface area contributed by atoms with Crippen LogP contribution < -0.4 is 5.32 Å². The molecule has 0 aliphatic heterocycles. The number of thiophene rings is 1. The maximum atomic E-state index is 12.2. The summed E-state index contributed by atoms with van der Waals surface area (Å²) >= 11 is 1.61. The van der Waals surface area contributed by atoms with Crippen LogP contribution in [0, 0.1) is 5.92 Å². The molecule has 0 radical (unpaired) electrons. The molecule has 0 spiro atoms. The number of pyridine rings is 1. The van der Waals surface area contributed by atoms with Crippen LogP contribution >= 0.6 is 11.3 Å². The van der Waals surface area contributed by atoms with Gasteiger partial charge >= 0.3 is 0 Å². The van der Waals surface area contributed by atoms with Crippen LogP contribution in [0.25, 0.3) is 10.4 Å². The number of amides is 1. The number of hydrogen-bond acceptors (Lipinski definition) is 4. The molecule has 114 valence electrons. The van der Waals surface area contributed by atoms with Crippen LogP contribution in [0.5, 0.6) is 0 Å². The Morgan fingerprint density at radius 3 is 2.76 bits per heavy atom. The van der Waals surface area contributed by atoms with E-state index in [4.69, 9.17) is 0 Å². The fourth-order valence-electron chi connectivity index (χ4n) is 1.82.